The van der Waals surface area contributed by atoms with Crippen LogP contribution >= 0.6 is 22.9 Å². The van der Waals surface area contributed by atoms with Crippen molar-refractivity contribution in [2.75, 3.05) is 19.0 Å². The first-order chi connectivity index (χ1) is 11.4. The van der Waals surface area contributed by atoms with Crippen molar-refractivity contribution in [3.63, 3.8) is 0 Å². The zero-order chi connectivity index (χ0) is 17.7. The summed E-state index contributed by atoms with van der Waals surface area (Å²) in [5.74, 6) is -0.496. The summed E-state index contributed by atoms with van der Waals surface area (Å²) < 4.78 is 10.2. The lowest BCUT2D eigenvalue weighted by molar-refractivity contribution is -0.119. The minimum Gasteiger partial charge on any atom is -0.495 e. The molecule has 1 aromatic heterocycles. The van der Waals surface area contributed by atoms with Gasteiger partial charge >= 0.3 is 5.97 Å². The van der Waals surface area contributed by atoms with Gasteiger partial charge in [0.15, 0.2) is 6.61 Å². The normalized spacial score (nSPS) is 10.3. The number of methoxy groups -OCH3 is 1. The van der Waals surface area contributed by atoms with Crippen LogP contribution < -0.4 is 10.1 Å². The van der Waals surface area contributed by atoms with Crippen LogP contribution in [0.3, 0.4) is 0 Å². The molecule has 1 aromatic carbocycles. The second kappa shape index (κ2) is 8.17. The molecule has 2 aromatic rings. The van der Waals surface area contributed by atoms with Crippen LogP contribution in [0, 0.1) is 6.92 Å². The number of anilines is 1. The van der Waals surface area contributed by atoms with Crippen LogP contribution in [-0.2, 0) is 16.0 Å². The number of thiophene rings is 1. The van der Waals surface area contributed by atoms with E-state index in [0.29, 0.717) is 21.3 Å². The Hall–Kier alpha value is -2.05. The molecule has 1 heterocycles. The predicted octanol–water partition coefficient (Wildman–Crippen LogP) is 4.08. The number of carbonyl (C=O) groups excluding carboxylic acids is 2. The minimum atomic E-state index is -0.504. The highest BCUT2D eigenvalue weighted by Gasteiger charge is 2.15. The maximum Gasteiger partial charge on any atom is 0.348 e. The molecule has 0 atom stereocenters. The van der Waals surface area contributed by atoms with Crippen LogP contribution in [0.5, 0.6) is 5.75 Å². The molecule has 0 aliphatic carbocycles. The monoisotopic (exact) mass is 367 g/mol. The van der Waals surface area contributed by atoms with E-state index in [-0.39, 0.29) is 6.61 Å². The van der Waals surface area contributed by atoms with Crippen molar-refractivity contribution in [2.45, 2.75) is 20.3 Å². The highest BCUT2D eigenvalue weighted by Crippen LogP contribution is 2.27. The first-order valence-corrected chi connectivity index (χ1v) is 8.53. The fraction of sp³-hybridized carbons (Fsp3) is 0.294. The largest absolute Gasteiger partial charge is 0.495 e. The molecule has 0 saturated heterocycles. The molecule has 0 aliphatic rings. The summed E-state index contributed by atoms with van der Waals surface area (Å²) in [4.78, 5) is 25.6. The van der Waals surface area contributed by atoms with Gasteiger partial charge in [-0.15, -0.1) is 11.3 Å². The number of aryl methyl sites for hydroxylation is 2. The Kier molecular flexibility index (Phi) is 6.23. The Labute approximate surface area is 149 Å². The van der Waals surface area contributed by atoms with Crippen LogP contribution in [0.15, 0.2) is 24.3 Å². The first kappa shape index (κ1) is 18.3. The second-order valence-electron chi connectivity index (χ2n) is 5.04. The number of nitrogens with one attached hydrogen (secondary N) is 1. The number of halogens is 1. The molecule has 0 spiro atoms. The Morgan fingerprint density at radius 1 is 1.29 bits per heavy atom. The summed E-state index contributed by atoms with van der Waals surface area (Å²) in [5, 5.41) is 3.08. The Morgan fingerprint density at radius 3 is 2.67 bits per heavy atom. The SMILES string of the molecule is CCc1sc(C(=O)OCC(=O)Nc2cc(Cl)ccc2OC)cc1C. The fourth-order valence-corrected chi connectivity index (χ4v) is 3.32. The van der Waals surface area contributed by atoms with Crippen molar-refractivity contribution in [1.82, 2.24) is 0 Å². The number of carbonyl (C=O) groups is 2. The van der Waals surface area contributed by atoms with Crippen molar-refractivity contribution in [3.05, 3.63) is 44.6 Å². The summed E-state index contributed by atoms with van der Waals surface area (Å²) in [6.07, 6.45) is 0.860. The molecule has 1 amide bonds. The van der Waals surface area contributed by atoms with Crippen LogP contribution in [-0.4, -0.2) is 25.6 Å². The van der Waals surface area contributed by atoms with Crippen molar-refractivity contribution in [2.24, 2.45) is 0 Å². The van der Waals surface area contributed by atoms with Crippen LogP contribution in [0.4, 0.5) is 5.69 Å². The Bertz CT molecular complexity index is 757. The van der Waals surface area contributed by atoms with E-state index in [9.17, 15) is 9.59 Å². The van der Waals surface area contributed by atoms with Gasteiger partial charge in [0.2, 0.25) is 0 Å². The number of hydrogen-bond donors (Lipinski definition) is 1. The maximum atomic E-state index is 12.0. The summed E-state index contributed by atoms with van der Waals surface area (Å²) in [5.41, 5.74) is 1.48. The summed E-state index contributed by atoms with van der Waals surface area (Å²) in [7, 11) is 1.49. The quantitative estimate of drug-likeness (QED) is 0.781. The number of hydrogen-bond acceptors (Lipinski definition) is 5. The third-order valence-electron chi connectivity index (χ3n) is 3.31. The van der Waals surface area contributed by atoms with E-state index in [4.69, 9.17) is 21.1 Å². The third kappa shape index (κ3) is 4.49. The van der Waals surface area contributed by atoms with Gasteiger partial charge in [-0.05, 0) is 43.2 Å². The Balaban J connectivity index is 1.95. The standard InChI is InChI=1S/C17H18ClNO4S/c1-4-14-10(2)7-15(24-14)17(21)23-9-16(20)19-12-8-11(18)5-6-13(12)22-3/h5-8H,4,9H2,1-3H3,(H,19,20). The second-order valence-corrected chi connectivity index (χ2v) is 6.61. The molecular weight excluding hydrogens is 350 g/mol. The maximum absolute atomic E-state index is 12.0. The molecule has 0 unspecified atom stereocenters. The van der Waals surface area contributed by atoms with Crippen molar-refractivity contribution in [1.29, 1.82) is 0 Å². The van der Waals surface area contributed by atoms with E-state index in [0.717, 1.165) is 16.9 Å². The van der Waals surface area contributed by atoms with Crippen LogP contribution in [0.1, 0.15) is 27.0 Å². The molecule has 5 nitrogen and oxygen atoms in total. The summed E-state index contributed by atoms with van der Waals surface area (Å²) in [6.45, 7) is 3.59. The van der Waals surface area contributed by atoms with Gasteiger partial charge in [0.25, 0.3) is 5.91 Å². The molecule has 128 valence electrons. The van der Waals surface area contributed by atoms with Gasteiger partial charge in [0.05, 0.1) is 12.8 Å². The van der Waals surface area contributed by atoms with E-state index in [1.807, 2.05) is 13.8 Å². The van der Waals surface area contributed by atoms with Gasteiger partial charge in [0.1, 0.15) is 10.6 Å². The molecule has 0 saturated carbocycles. The molecule has 0 aliphatic heterocycles. The lowest BCUT2D eigenvalue weighted by Gasteiger charge is -2.10. The predicted molar refractivity (Wildman–Crippen MR) is 95.4 cm³/mol. The lowest BCUT2D eigenvalue weighted by atomic mass is 10.2. The third-order valence-corrected chi connectivity index (χ3v) is 4.91. The lowest BCUT2D eigenvalue weighted by Crippen LogP contribution is -2.21. The molecule has 0 fully saturated rings. The topological polar surface area (TPSA) is 64.6 Å². The zero-order valence-electron chi connectivity index (χ0n) is 13.6. The van der Waals surface area contributed by atoms with E-state index in [1.54, 1.807) is 24.3 Å². The van der Waals surface area contributed by atoms with Crippen LogP contribution in [0.25, 0.3) is 0 Å². The average molecular weight is 368 g/mol. The molecular formula is C17H18ClNO4S. The summed E-state index contributed by atoms with van der Waals surface area (Å²) in [6, 6.07) is 6.64. The van der Waals surface area contributed by atoms with Gasteiger partial charge in [-0.25, -0.2) is 4.79 Å². The minimum absolute atomic E-state index is 0.382. The van der Waals surface area contributed by atoms with Gasteiger partial charge < -0.3 is 14.8 Å². The molecule has 24 heavy (non-hydrogen) atoms. The fourth-order valence-electron chi connectivity index (χ4n) is 2.14. The molecule has 0 bridgehead atoms. The molecule has 2 rings (SSSR count). The van der Waals surface area contributed by atoms with Crippen molar-refractivity contribution in [3.8, 4) is 5.75 Å². The number of benzene rings is 1. The van der Waals surface area contributed by atoms with Crippen molar-refractivity contribution < 1.29 is 19.1 Å². The number of amides is 1. The first-order valence-electron chi connectivity index (χ1n) is 7.34. The van der Waals surface area contributed by atoms with Gasteiger partial charge in [-0.3, -0.25) is 4.79 Å². The van der Waals surface area contributed by atoms with E-state index < -0.39 is 11.9 Å². The van der Waals surface area contributed by atoms with E-state index in [1.165, 1.54) is 18.4 Å². The average Bonchev–Trinajstić information content (AvgIpc) is 2.94. The highest BCUT2D eigenvalue weighted by molar-refractivity contribution is 7.14. The van der Waals surface area contributed by atoms with Crippen LogP contribution in [0.2, 0.25) is 5.02 Å². The number of ether oxygens (including phenoxy) is 2. The molecule has 7 heteroatoms. The van der Waals surface area contributed by atoms with Gasteiger partial charge in [-0.1, -0.05) is 18.5 Å². The summed E-state index contributed by atoms with van der Waals surface area (Å²) >= 11 is 7.29. The van der Waals surface area contributed by atoms with Gasteiger partial charge in [0, 0.05) is 9.90 Å². The smallest absolute Gasteiger partial charge is 0.348 e. The van der Waals surface area contributed by atoms with E-state index in [2.05, 4.69) is 5.32 Å². The number of esters is 1. The zero-order valence-corrected chi connectivity index (χ0v) is 15.2. The van der Waals surface area contributed by atoms with Gasteiger partial charge in [-0.2, -0.15) is 0 Å². The number of rotatable bonds is 6. The highest BCUT2D eigenvalue weighted by atomic mass is 35.5. The Morgan fingerprint density at radius 2 is 2.04 bits per heavy atom. The molecule has 0 radical (unpaired) electrons. The van der Waals surface area contributed by atoms with Crippen molar-refractivity contribution >= 4 is 40.5 Å². The molecule has 1 N–H and O–H groups in total. The van der Waals surface area contributed by atoms with E-state index >= 15 is 0 Å².